The number of carbonyl (C=O) groups is 1. The minimum Gasteiger partial charge on any atom is -0.477 e. The normalized spacial score (nSPS) is 11.6. The van der Waals surface area contributed by atoms with Gasteiger partial charge in [-0.05, 0) is 19.1 Å². The Balaban J connectivity index is 2.74. The Morgan fingerprint density at radius 2 is 2.38 bits per heavy atom. The molecule has 1 N–H and O–H groups in total. The maximum absolute atomic E-state index is 10.6. The molecule has 5 heteroatoms. The Hall–Kier alpha value is -2.09. The summed E-state index contributed by atoms with van der Waals surface area (Å²) in [5.41, 5.74) is 0.817. The van der Waals surface area contributed by atoms with Crippen molar-refractivity contribution in [3.05, 3.63) is 24.0 Å². The van der Waals surface area contributed by atoms with Gasteiger partial charge in [0.25, 0.3) is 0 Å². The Kier molecular flexibility index (Phi) is 3.84. The molecule has 0 aliphatic carbocycles. The minimum absolute atomic E-state index is 0.0190. The first kappa shape index (κ1) is 12.0. The number of anilines is 1. The van der Waals surface area contributed by atoms with Crippen molar-refractivity contribution in [1.82, 2.24) is 4.98 Å². The van der Waals surface area contributed by atoms with Gasteiger partial charge < -0.3 is 10.0 Å². The van der Waals surface area contributed by atoms with E-state index in [1.54, 1.807) is 6.07 Å². The summed E-state index contributed by atoms with van der Waals surface area (Å²) in [4.78, 5) is 16.3. The van der Waals surface area contributed by atoms with Crippen LogP contribution in [0.5, 0.6) is 0 Å². The Bertz CT molecular complexity index is 408. The van der Waals surface area contributed by atoms with Crippen molar-refractivity contribution in [3.8, 4) is 6.07 Å². The number of hydrogen-bond acceptors (Lipinski definition) is 4. The molecule has 0 saturated carbocycles. The van der Waals surface area contributed by atoms with Crippen molar-refractivity contribution in [1.29, 1.82) is 5.26 Å². The molecule has 0 fully saturated rings. The van der Waals surface area contributed by atoms with E-state index in [0.29, 0.717) is 6.54 Å². The van der Waals surface area contributed by atoms with Gasteiger partial charge in [0.2, 0.25) is 0 Å². The number of carboxylic acids is 1. The quantitative estimate of drug-likeness (QED) is 0.827. The fourth-order valence-corrected chi connectivity index (χ4v) is 1.30. The van der Waals surface area contributed by atoms with Crippen LogP contribution in [0, 0.1) is 17.2 Å². The largest absolute Gasteiger partial charge is 0.477 e. The predicted molar refractivity (Wildman–Crippen MR) is 59.2 cm³/mol. The van der Waals surface area contributed by atoms with E-state index in [2.05, 4.69) is 11.1 Å². The van der Waals surface area contributed by atoms with Crippen molar-refractivity contribution < 1.29 is 9.90 Å². The average Bonchev–Trinajstić information content (AvgIpc) is 2.28. The highest BCUT2D eigenvalue weighted by Crippen LogP contribution is 2.12. The lowest BCUT2D eigenvalue weighted by molar-refractivity contribution is 0.0690. The van der Waals surface area contributed by atoms with Crippen molar-refractivity contribution in [2.45, 2.75) is 6.92 Å². The maximum Gasteiger partial charge on any atom is 0.354 e. The number of aromatic nitrogens is 1. The molecule has 0 amide bonds. The van der Waals surface area contributed by atoms with Gasteiger partial charge in [-0.1, -0.05) is 0 Å². The van der Waals surface area contributed by atoms with Gasteiger partial charge in [0.05, 0.1) is 23.9 Å². The number of carboxylic acid groups (broad SMARTS) is 1. The van der Waals surface area contributed by atoms with Gasteiger partial charge in [-0.25, -0.2) is 9.78 Å². The van der Waals surface area contributed by atoms with E-state index in [4.69, 9.17) is 10.4 Å². The van der Waals surface area contributed by atoms with E-state index in [1.807, 2.05) is 18.9 Å². The van der Waals surface area contributed by atoms with E-state index in [0.717, 1.165) is 5.69 Å². The summed E-state index contributed by atoms with van der Waals surface area (Å²) < 4.78 is 0. The lowest BCUT2D eigenvalue weighted by Gasteiger charge is -2.19. The minimum atomic E-state index is -1.04. The van der Waals surface area contributed by atoms with Crippen LogP contribution in [0.1, 0.15) is 17.4 Å². The number of nitrogens with zero attached hydrogens (tertiary/aromatic N) is 3. The SMILES string of the molecule is CC(C#N)CN(C)c1ccc(C(=O)O)nc1. The summed E-state index contributed by atoms with van der Waals surface area (Å²) in [7, 11) is 1.84. The first-order valence-electron chi connectivity index (χ1n) is 4.84. The molecule has 1 heterocycles. The molecule has 1 aromatic heterocycles. The van der Waals surface area contributed by atoms with Crippen LogP contribution >= 0.6 is 0 Å². The Labute approximate surface area is 93.9 Å². The predicted octanol–water partition coefficient (Wildman–Crippen LogP) is 1.38. The second-order valence-electron chi connectivity index (χ2n) is 3.62. The molecule has 84 valence electrons. The molecule has 0 radical (unpaired) electrons. The molecule has 1 atom stereocenters. The first-order chi connectivity index (χ1) is 7.54. The zero-order valence-corrected chi connectivity index (χ0v) is 9.21. The molecule has 1 aromatic rings. The van der Waals surface area contributed by atoms with E-state index in [-0.39, 0.29) is 11.6 Å². The molecule has 0 spiro atoms. The molecule has 0 aliphatic heterocycles. The van der Waals surface area contributed by atoms with Crippen LogP contribution in [0.15, 0.2) is 18.3 Å². The van der Waals surface area contributed by atoms with Crippen LogP contribution in [0.4, 0.5) is 5.69 Å². The highest BCUT2D eigenvalue weighted by molar-refractivity contribution is 5.85. The van der Waals surface area contributed by atoms with Crippen LogP contribution in [0.3, 0.4) is 0 Å². The lowest BCUT2D eigenvalue weighted by Crippen LogP contribution is -2.23. The number of aromatic carboxylic acids is 1. The molecular weight excluding hydrogens is 206 g/mol. The topological polar surface area (TPSA) is 77.2 Å². The third-order valence-corrected chi connectivity index (χ3v) is 2.18. The van der Waals surface area contributed by atoms with Crippen molar-refractivity contribution in [2.75, 3.05) is 18.5 Å². The maximum atomic E-state index is 10.6. The average molecular weight is 219 g/mol. The highest BCUT2D eigenvalue weighted by atomic mass is 16.4. The van der Waals surface area contributed by atoms with Gasteiger partial charge in [-0.2, -0.15) is 5.26 Å². The van der Waals surface area contributed by atoms with Gasteiger partial charge in [0, 0.05) is 13.6 Å². The van der Waals surface area contributed by atoms with Gasteiger partial charge in [-0.15, -0.1) is 0 Å². The fraction of sp³-hybridized carbons (Fsp3) is 0.364. The Morgan fingerprint density at radius 1 is 1.69 bits per heavy atom. The van der Waals surface area contributed by atoms with Gasteiger partial charge in [-0.3, -0.25) is 0 Å². The van der Waals surface area contributed by atoms with Crippen molar-refractivity contribution in [3.63, 3.8) is 0 Å². The van der Waals surface area contributed by atoms with Crippen LogP contribution in [-0.4, -0.2) is 29.7 Å². The third-order valence-electron chi connectivity index (χ3n) is 2.18. The zero-order chi connectivity index (χ0) is 12.1. The van der Waals surface area contributed by atoms with Crippen molar-refractivity contribution >= 4 is 11.7 Å². The third kappa shape index (κ3) is 2.95. The summed E-state index contributed by atoms with van der Waals surface area (Å²) in [5.74, 6) is -1.12. The molecule has 1 unspecified atom stereocenters. The standard InChI is InChI=1S/C11H13N3O2/c1-8(5-12)7-14(2)9-3-4-10(11(15)16)13-6-9/h3-4,6,8H,7H2,1-2H3,(H,15,16). The zero-order valence-electron chi connectivity index (χ0n) is 9.21. The molecular formula is C11H13N3O2. The number of rotatable bonds is 4. The van der Waals surface area contributed by atoms with Crippen LogP contribution in [0.25, 0.3) is 0 Å². The summed E-state index contributed by atoms with van der Waals surface area (Å²) in [5, 5.41) is 17.4. The monoisotopic (exact) mass is 219 g/mol. The van der Waals surface area contributed by atoms with E-state index in [1.165, 1.54) is 12.3 Å². The fourth-order valence-electron chi connectivity index (χ4n) is 1.30. The second kappa shape index (κ2) is 5.12. The number of hydrogen-bond donors (Lipinski definition) is 1. The summed E-state index contributed by atoms with van der Waals surface area (Å²) >= 11 is 0. The van der Waals surface area contributed by atoms with E-state index < -0.39 is 5.97 Å². The van der Waals surface area contributed by atoms with Crippen LogP contribution in [-0.2, 0) is 0 Å². The van der Waals surface area contributed by atoms with Gasteiger partial charge in [0.1, 0.15) is 5.69 Å². The molecule has 0 aromatic carbocycles. The van der Waals surface area contributed by atoms with Gasteiger partial charge >= 0.3 is 5.97 Å². The smallest absolute Gasteiger partial charge is 0.354 e. The Morgan fingerprint density at radius 3 is 2.81 bits per heavy atom. The van der Waals surface area contributed by atoms with Crippen LogP contribution < -0.4 is 4.90 Å². The summed E-state index contributed by atoms with van der Waals surface area (Å²) in [6, 6.07) is 5.27. The number of pyridine rings is 1. The molecule has 0 aliphatic rings. The summed E-state index contributed by atoms with van der Waals surface area (Å²) in [6.45, 7) is 2.42. The highest BCUT2D eigenvalue weighted by Gasteiger charge is 2.08. The molecule has 0 saturated heterocycles. The summed E-state index contributed by atoms with van der Waals surface area (Å²) in [6.07, 6.45) is 1.49. The van der Waals surface area contributed by atoms with E-state index >= 15 is 0 Å². The number of nitriles is 1. The lowest BCUT2D eigenvalue weighted by atomic mass is 10.2. The molecule has 16 heavy (non-hydrogen) atoms. The molecule has 5 nitrogen and oxygen atoms in total. The molecule has 1 rings (SSSR count). The van der Waals surface area contributed by atoms with Gasteiger partial charge in [0.15, 0.2) is 0 Å². The first-order valence-corrected chi connectivity index (χ1v) is 4.84. The molecule has 0 bridgehead atoms. The van der Waals surface area contributed by atoms with E-state index in [9.17, 15) is 4.79 Å². The van der Waals surface area contributed by atoms with Crippen molar-refractivity contribution in [2.24, 2.45) is 5.92 Å². The second-order valence-corrected chi connectivity index (χ2v) is 3.62. The van der Waals surface area contributed by atoms with Crippen LogP contribution in [0.2, 0.25) is 0 Å².